The predicted octanol–water partition coefficient (Wildman–Crippen LogP) is 5.57. The molecule has 0 spiro atoms. The van der Waals surface area contributed by atoms with Crippen LogP contribution in [0.4, 0.5) is 26.3 Å². The lowest BCUT2D eigenvalue weighted by atomic mass is 9.87. The molecule has 0 saturated carbocycles. The molecule has 1 aromatic heterocycles. The molecule has 28 heavy (non-hydrogen) atoms. The number of para-hydroxylation sites is 1. The van der Waals surface area contributed by atoms with Crippen molar-refractivity contribution in [1.29, 1.82) is 0 Å². The van der Waals surface area contributed by atoms with Crippen molar-refractivity contribution < 1.29 is 31.1 Å². The lowest BCUT2D eigenvalue weighted by molar-refractivity contribution is -0.309. The van der Waals surface area contributed by atoms with Crippen molar-refractivity contribution in [2.45, 2.75) is 17.9 Å². The van der Waals surface area contributed by atoms with Crippen LogP contribution < -0.4 is 5.32 Å². The molecule has 1 amide bonds. The maximum absolute atomic E-state index is 13.9. The van der Waals surface area contributed by atoms with E-state index in [1.54, 1.807) is 0 Å². The molecule has 3 rings (SSSR count). The third-order valence-electron chi connectivity index (χ3n) is 4.23. The van der Waals surface area contributed by atoms with Crippen molar-refractivity contribution >= 4 is 28.4 Å². The van der Waals surface area contributed by atoms with E-state index < -0.39 is 34.9 Å². The molecule has 0 unspecified atom stereocenters. The minimum absolute atomic E-state index is 0.00985. The molecule has 3 aromatic rings. The lowest BCUT2D eigenvalue weighted by Crippen LogP contribution is -2.64. The maximum Gasteiger partial charge on any atom is 0.424 e. The van der Waals surface area contributed by atoms with Crippen molar-refractivity contribution in [3.05, 3.63) is 70.9 Å². The number of hydrogen-bond acceptors (Lipinski definition) is 1. The fourth-order valence-corrected chi connectivity index (χ4v) is 3.12. The van der Waals surface area contributed by atoms with Gasteiger partial charge in [-0.15, -0.1) is 0 Å². The number of nitrogens with one attached hydrogen (secondary N) is 2. The third kappa shape index (κ3) is 3.19. The standard InChI is InChI=1S/C18H11ClF6N2O/c19-11-5-3-4-10(8-11)15(28)27-16(17(20,21)22,18(23,24)25)13-9-26-14-7-2-1-6-12(13)14/h1-9,26H,(H,27,28). The number of carbonyl (C=O) groups excluding carboxylic acids is 1. The molecule has 0 bridgehead atoms. The van der Waals surface area contributed by atoms with Crippen LogP contribution in [-0.2, 0) is 5.54 Å². The van der Waals surface area contributed by atoms with Gasteiger partial charge in [0.05, 0.1) is 0 Å². The Kier molecular flexibility index (Phi) is 4.82. The van der Waals surface area contributed by atoms with Gasteiger partial charge in [-0.2, -0.15) is 26.3 Å². The molecule has 0 aliphatic heterocycles. The number of alkyl halides is 6. The van der Waals surface area contributed by atoms with Gasteiger partial charge in [-0.25, -0.2) is 0 Å². The Balaban J connectivity index is 2.24. The highest BCUT2D eigenvalue weighted by Gasteiger charge is 2.73. The van der Waals surface area contributed by atoms with E-state index in [9.17, 15) is 31.1 Å². The molecule has 0 radical (unpaired) electrons. The molecule has 148 valence electrons. The van der Waals surface area contributed by atoms with E-state index >= 15 is 0 Å². The van der Waals surface area contributed by atoms with Crippen LogP contribution in [0.15, 0.2) is 54.7 Å². The summed E-state index contributed by atoms with van der Waals surface area (Å²) in [4.78, 5) is 14.7. The molecule has 10 heteroatoms. The van der Waals surface area contributed by atoms with Crippen LogP contribution in [0.1, 0.15) is 15.9 Å². The van der Waals surface area contributed by atoms with Crippen molar-refractivity contribution in [2.75, 3.05) is 0 Å². The van der Waals surface area contributed by atoms with E-state index in [2.05, 4.69) is 4.98 Å². The summed E-state index contributed by atoms with van der Waals surface area (Å²) in [6, 6.07) is 9.81. The van der Waals surface area contributed by atoms with Crippen molar-refractivity contribution in [3.8, 4) is 0 Å². The Labute approximate surface area is 159 Å². The number of aromatic nitrogens is 1. The van der Waals surface area contributed by atoms with Gasteiger partial charge < -0.3 is 10.3 Å². The molecule has 2 N–H and O–H groups in total. The lowest BCUT2D eigenvalue weighted by Gasteiger charge is -2.37. The SMILES string of the molecule is O=C(NC(c1c[nH]c2ccccc12)(C(F)(F)F)C(F)(F)F)c1cccc(Cl)c1. The zero-order valence-corrected chi connectivity index (χ0v) is 14.5. The van der Waals surface area contributed by atoms with Crippen molar-refractivity contribution in [3.63, 3.8) is 0 Å². The molecule has 0 aliphatic carbocycles. The van der Waals surface area contributed by atoms with Gasteiger partial charge in [-0.1, -0.05) is 35.9 Å². The predicted molar refractivity (Wildman–Crippen MR) is 91.0 cm³/mol. The second-order valence-corrected chi connectivity index (χ2v) is 6.39. The summed E-state index contributed by atoms with van der Waals surface area (Å²) in [6.07, 6.45) is -11.2. The van der Waals surface area contributed by atoms with Gasteiger partial charge in [-0.3, -0.25) is 4.79 Å². The van der Waals surface area contributed by atoms with E-state index in [1.165, 1.54) is 35.6 Å². The smallest absolute Gasteiger partial charge is 0.361 e. The largest absolute Gasteiger partial charge is 0.424 e. The van der Waals surface area contributed by atoms with Gasteiger partial charge >= 0.3 is 12.4 Å². The number of rotatable bonds is 3. The normalized spacial score (nSPS) is 13.0. The van der Waals surface area contributed by atoms with E-state index in [0.29, 0.717) is 6.20 Å². The molecular weight excluding hydrogens is 410 g/mol. The zero-order chi connectivity index (χ0) is 20.7. The second kappa shape index (κ2) is 6.73. The minimum atomic E-state index is -5.88. The number of H-pyrrole nitrogens is 1. The molecule has 1 heterocycles. The Morgan fingerprint density at radius 2 is 1.57 bits per heavy atom. The van der Waals surface area contributed by atoms with Gasteiger partial charge in [0.25, 0.3) is 11.4 Å². The zero-order valence-electron chi connectivity index (χ0n) is 13.8. The number of fused-ring (bicyclic) bond motifs is 1. The van der Waals surface area contributed by atoms with Gasteiger partial charge in [0.2, 0.25) is 0 Å². The topological polar surface area (TPSA) is 44.9 Å². The average molecular weight is 421 g/mol. The third-order valence-corrected chi connectivity index (χ3v) is 4.47. The van der Waals surface area contributed by atoms with Crippen LogP contribution in [0.3, 0.4) is 0 Å². The average Bonchev–Trinajstić information content (AvgIpc) is 3.01. The molecular formula is C18H11ClF6N2O. The highest BCUT2D eigenvalue weighted by atomic mass is 35.5. The van der Waals surface area contributed by atoms with Gasteiger partial charge in [-0.05, 0) is 24.3 Å². The Bertz CT molecular complexity index is 1010. The summed E-state index contributed by atoms with van der Waals surface area (Å²) in [6.45, 7) is 0. The van der Waals surface area contributed by atoms with Crippen LogP contribution in [0.2, 0.25) is 5.02 Å². The number of amides is 1. The highest BCUT2D eigenvalue weighted by Crippen LogP contribution is 2.52. The van der Waals surface area contributed by atoms with Gasteiger partial charge in [0, 0.05) is 33.2 Å². The molecule has 3 nitrogen and oxygen atoms in total. The summed E-state index contributed by atoms with van der Waals surface area (Å²) in [5.74, 6) is -1.57. The Morgan fingerprint density at radius 1 is 0.929 bits per heavy atom. The number of aromatic amines is 1. The summed E-state index contributed by atoms with van der Waals surface area (Å²) in [7, 11) is 0. The number of benzene rings is 2. The fourth-order valence-electron chi connectivity index (χ4n) is 2.93. The van der Waals surface area contributed by atoms with Crippen LogP contribution in [0.5, 0.6) is 0 Å². The van der Waals surface area contributed by atoms with Gasteiger partial charge in [0.1, 0.15) is 0 Å². The summed E-state index contributed by atoms with van der Waals surface area (Å²) in [5, 5.41) is 0.855. The molecule has 0 saturated heterocycles. The first-order chi connectivity index (χ1) is 13.0. The molecule has 0 atom stereocenters. The maximum atomic E-state index is 13.9. The number of carbonyl (C=O) groups is 1. The van der Waals surface area contributed by atoms with E-state index in [1.807, 2.05) is 0 Å². The first-order valence-electron chi connectivity index (χ1n) is 7.75. The van der Waals surface area contributed by atoms with E-state index in [4.69, 9.17) is 11.6 Å². The quantitative estimate of drug-likeness (QED) is 0.534. The summed E-state index contributed by atoms with van der Waals surface area (Å²) >= 11 is 5.69. The molecule has 0 fully saturated rings. The van der Waals surface area contributed by atoms with E-state index in [0.717, 1.165) is 18.2 Å². The molecule has 2 aromatic carbocycles. The Hall–Kier alpha value is -2.68. The number of hydrogen-bond donors (Lipinski definition) is 2. The van der Waals surface area contributed by atoms with Gasteiger partial charge in [0.15, 0.2) is 0 Å². The molecule has 0 aliphatic rings. The monoisotopic (exact) mass is 420 g/mol. The van der Waals surface area contributed by atoms with E-state index in [-0.39, 0.29) is 15.9 Å². The van der Waals surface area contributed by atoms with Crippen LogP contribution in [0, 0.1) is 0 Å². The van der Waals surface area contributed by atoms with Crippen LogP contribution in [0.25, 0.3) is 10.9 Å². The first kappa shape index (κ1) is 20.1. The first-order valence-corrected chi connectivity index (χ1v) is 8.13. The van der Waals surface area contributed by atoms with Crippen LogP contribution >= 0.6 is 11.6 Å². The minimum Gasteiger partial charge on any atom is -0.361 e. The summed E-state index contributed by atoms with van der Waals surface area (Å²) in [5.41, 5.74) is -6.16. The fraction of sp³-hybridized carbons (Fsp3) is 0.167. The summed E-state index contributed by atoms with van der Waals surface area (Å²) < 4.78 is 83.7. The second-order valence-electron chi connectivity index (χ2n) is 5.96. The van der Waals surface area contributed by atoms with Crippen LogP contribution in [-0.4, -0.2) is 23.2 Å². The highest BCUT2D eigenvalue weighted by molar-refractivity contribution is 6.31. The van der Waals surface area contributed by atoms with Crippen molar-refractivity contribution in [1.82, 2.24) is 10.3 Å². The van der Waals surface area contributed by atoms with Crippen molar-refractivity contribution in [2.24, 2.45) is 0 Å². The number of halogens is 7. The Morgan fingerprint density at radius 3 is 2.18 bits per heavy atom.